The molecule has 2 aromatic heterocycles. The predicted molar refractivity (Wildman–Crippen MR) is 52.3 cm³/mol. The monoisotopic (exact) mass is 176 g/mol. The maximum atomic E-state index is 5.76. The molecule has 0 aromatic carbocycles. The Kier molecular flexibility index (Phi) is 1.88. The van der Waals surface area contributed by atoms with Crippen molar-refractivity contribution in [2.75, 3.05) is 5.73 Å². The minimum Gasteiger partial charge on any atom is -0.383 e. The van der Waals surface area contributed by atoms with Crippen molar-refractivity contribution < 1.29 is 0 Å². The molecule has 2 heterocycles. The Bertz CT molecular complexity index is 418. The molecular formula is C9H12N4. The molecule has 0 aliphatic heterocycles. The number of aromatic nitrogens is 3. The number of H-pyrrole nitrogens is 1. The standard InChI is InChI=1S/C9H12N4/c1-2-3-7-12-8(10)6-4-5-11-9(6)13-7/h4-5H,2-3H2,1H3,(H3,10,11,12,13). The number of rotatable bonds is 2. The number of nitrogen functional groups attached to an aromatic ring is 1. The van der Waals surface area contributed by atoms with E-state index in [1.54, 1.807) is 0 Å². The lowest BCUT2D eigenvalue weighted by Crippen LogP contribution is -1.99. The van der Waals surface area contributed by atoms with E-state index in [2.05, 4.69) is 21.9 Å². The molecule has 0 aliphatic rings. The first-order valence-corrected chi connectivity index (χ1v) is 4.40. The topological polar surface area (TPSA) is 67.6 Å². The van der Waals surface area contributed by atoms with Gasteiger partial charge in [0.1, 0.15) is 17.3 Å². The molecule has 13 heavy (non-hydrogen) atoms. The molecule has 0 saturated carbocycles. The lowest BCUT2D eigenvalue weighted by atomic mass is 10.3. The third-order valence-electron chi connectivity index (χ3n) is 1.97. The van der Waals surface area contributed by atoms with Crippen LogP contribution in [0.2, 0.25) is 0 Å². The van der Waals surface area contributed by atoms with Gasteiger partial charge in [0, 0.05) is 12.6 Å². The fourth-order valence-corrected chi connectivity index (χ4v) is 1.35. The quantitative estimate of drug-likeness (QED) is 0.728. The second kappa shape index (κ2) is 3.05. The zero-order chi connectivity index (χ0) is 9.26. The summed E-state index contributed by atoms with van der Waals surface area (Å²) < 4.78 is 0. The van der Waals surface area contributed by atoms with E-state index in [0.29, 0.717) is 5.82 Å². The Hall–Kier alpha value is -1.58. The average molecular weight is 176 g/mol. The third-order valence-corrected chi connectivity index (χ3v) is 1.97. The van der Waals surface area contributed by atoms with E-state index < -0.39 is 0 Å². The third kappa shape index (κ3) is 1.35. The number of fused-ring (bicyclic) bond motifs is 1. The molecule has 0 radical (unpaired) electrons. The van der Waals surface area contributed by atoms with Crippen molar-refractivity contribution in [3.05, 3.63) is 18.1 Å². The van der Waals surface area contributed by atoms with Gasteiger partial charge in [0.05, 0.1) is 5.39 Å². The summed E-state index contributed by atoms with van der Waals surface area (Å²) in [5.41, 5.74) is 6.59. The van der Waals surface area contributed by atoms with Crippen molar-refractivity contribution in [1.82, 2.24) is 15.0 Å². The molecule has 68 valence electrons. The number of hydrogen-bond acceptors (Lipinski definition) is 3. The van der Waals surface area contributed by atoms with Crippen LogP contribution in [0.3, 0.4) is 0 Å². The van der Waals surface area contributed by atoms with E-state index in [1.165, 1.54) is 0 Å². The van der Waals surface area contributed by atoms with Crippen LogP contribution >= 0.6 is 0 Å². The smallest absolute Gasteiger partial charge is 0.143 e. The van der Waals surface area contributed by atoms with Crippen LogP contribution in [-0.4, -0.2) is 15.0 Å². The summed E-state index contributed by atoms with van der Waals surface area (Å²) in [5.74, 6) is 1.38. The van der Waals surface area contributed by atoms with Crippen molar-refractivity contribution in [3.63, 3.8) is 0 Å². The molecule has 2 aromatic rings. The summed E-state index contributed by atoms with van der Waals surface area (Å²) in [5, 5.41) is 0.903. The van der Waals surface area contributed by atoms with Crippen LogP contribution in [0, 0.1) is 0 Å². The van der Waals surface area contributed by atoms with Crippen molar-refractivity contribution >= 4 is 16.9 Å². The molecule has 3 N–H and O–H groups in total. The van der Waals surface area contributed by atoms with Crippen LogP contribution in [0.1, 0.15) is 19.2 Å². The molecule has 0 fully saturated rings. The number of hydrogen-bond donors (Lipinski definition) is 2. The molecule has 0 bridgehead atoms. The number of aryl methyl sites for hydroxylation is 1. The largest absolute Gasteiger partial charge is 0.383 e. The summed E-state index contributed by atoms with van der Waals surface area (Å²) in [4.78, 5) is 11.6. The van der Waals surface area contributed by atoms with Crippen LogP contribution < -0.4 is 5.73 Å². The summed E-state index contributed by atoms with van der Waals surface area (Å²) in [6.07, 6.45) is 3.73. The first-order chi connectivity index (χ1) is 6.31. The van der Waals surface area contributed by atoms with Crippen molar-refractivity contribution in [3.8, 4) is 0 Å². The number of nitrogens with one attached hydrogen (secondary N) is 1. The number of anilines is 1. The molecule has 0 atom stereocenters. The highest BCUT2D eigenvalue weighted by Gasteiger charge is 2.04. The van der Waals surface area contributed by atoms with Gasteiger partial charge in [-0.3, -0.25) is 0 Å². The number of aromatic amines is 1. The second-order valence-electron chi connectivity index (χ2n) is 3.02. The molecular weight excluding hydrogens is 164 g/mol. The fraction of sp³-hybridized carbons (Fsp3) is 0.333. The van der Waals surface area contributed by atoms with Crippen molar-refractivity contribution in [2.24, 2.45) is 0 Å². The van der Waals surface area contributed by atoms with Crippen LogP contribution in [0.5, 0.6) is 0 Å². The van der Waals surface area contributed by atoms with E-state index in [4.69, 9.17) is 5.73 Å². The van der Waals surface area contributed by atoms with Crippen LogP contribution in [0.4, 0.5) is 5.82 Å². The molecule has 0 amide bonds. The van der Waals surface area contributed by atoms with Gasteiger partial charge in [-0.05, 0) is 12.5 Å². The fourth-order valence-electron chi connectivity index (χ4n) is 1.35. The van der Waals surface area contributed by atoms with Gasteiger partial charge >= 0.3 is 0 Å². The minimum absolute atomic E-state index is 0.565. The highest BCUT2D eigenvalue weighted by molar-refractivity contribution is 5.85. The highest BCUT2D eigenvalue weighted by Crippen LogP contribution is 2.16. The van der Waals surface area contributed by atoms with E-state index in [0.717, 1.165) is 29.7 Å². The predicted octanol–water partition coefficient (Wildman–Crippen LogP) is 1.49. The van der Waals surface area contributed by atoms with Crippen molar-refractivity contribution in [1.29, 1.82) is 0 Å². The summed E-state index contributed by atoms with van der Waals surface area (Å²) >= 11 is 0. The number of nitrogens with zero attached hydrogens (tertiary/aromatic N) is 2. The van der Waals surface area contributed by atoms with E-state index in [1.807, 2.05) is 12.3 Å². The Morgan fingerprint density at radius 2 is 2.31 bits per heavy atom. The van der Waals surface area contributed by atoms with Gasteiger partial charge in [-0.2, -0.15) is 0 Å². The van der Waals surface area contributed by atoms with Crippen LogP contribution in [0.25, 0.3) is 11.0 Å². The van der Waals surface area contributed by atoms with Crippen LogP contribution in [-0.2, 0) is 6.42 Å². The first kappa shape index (κ1) is 8.04. The van der Waals surface area contributed by atoms with Gasteiger partial charge < -0.3 is 10.7 Å². The summed E-state index contributed by atoms with van der Waals surface area (Å²) in [7, 11) is 0. The summed E-state index contributed by atoms with van der Waals surface area (Å²) in [6.45, 7) is 2.10. The maximum Gasteiger partial charge on any atom is 0.143 e. The average Bonchev–Trinajstić information content (AvgIpc) is 2.53. The lowest BCUT2D eigenvalue weighted by Gasteiger charge is -1.99. The van der Waals surface area contributed by atoms with E-state index in [9.17, 15) is 0 Å². The normalized spacial score (nSPS) is 10.8. The maximum absolute atomic E-state index is 5.76. The SMILES string of the molecule is CCCc1nc(N)c2cc[nH]c2n1. The molecule has 0 unspecified atom stereocenters. The molecule has 4 nitrogen and oxygen atoms in total. The first-order valence-electron chi connectivity index (χ1n) is 4.40. The zero-order valence-corrected chi connectivity index (χ0v) is 7.54. The van der Waals surface area contributed by atoms with Gasteiger partial charge in [0.2, 0.25) is 0 Å². The van der Waals surface area contributed by atoms with E-state index >= 15 is 0 Å². The highest BCUT2D eigenvalue weighted by atomic mass is 15.0. The Labute approximate surface area is 76.2 Å². The van der Waals surface area contributed by atoms with Gasteiger partial charge in [0.15, 0.2) is 0 Å². The molecule has 0 aliphatic carbocycles. The molecule has 4 heteroatoms. The molecule has 0 spiro atoms. The van der Waals surface area contributed by atoms with Crippen LogP contribution in [0.15, 0.2) is 12.3 Å². The Morgan fingerprint density at radius 3 is 3.08 bits per heavy atom. The second-order valence-corrected chi connectivity index (χ2v) is 3.02. The lowest BCUT2D eigenvalue weighted by molar-refractivity contribution is 0.845. The molecule has 2 rings (SSSR count). The summed E-state index contributed by atoms with van der Waals surface area (Å²) in [6, 6.07) is 1.89. The Balaban J connectivity index is 2.56. The Morgan fingerprint density at radius 1 is 1.46 bits per heavy atom. The zero-order valence-electron chi connectivity index (χ0n) is 7.54. The van der Waals surface area contributed by atoms with Gasteiger partial charge in [-0.1, -0.05) is 6.92 Å². The van der Waals surface area contributed by atoms with Gasteiger partial charge in [0.25, 0.3) is 0 Å². The van der Waals surface area contributed by atoms with E-state index in [-0.39, 0.29) is 0 Å². The minimum atomic E-state index is 0.565. The van der Waals surface area contributed by atoms with Crippen molar-refractivity contribution in [2.45, 2.75) is 19.8 Å². The molecule has 0 saturated heterocycles. The number of nitrogens with two attached hydrogens (primary N) is 1. The van der Waals surface area contributed by atoms with Gasteiger partial charge in [-0.15, -0.1) is 0 Å². The van der Waals surface area contributed by atoms with Gasteiger partial charge in [-0.25, -0.2) is 9.97 Å².